The molecule has 0 unspecified atom stereocenters. The Morgan fingerprint density at radius 3 is 1.86 bits per heavy atom. The van der Waals surface area contributed by atoms with Crippen molar-refractivity contribution in [3.05, 3.63) is 105 Å². The molecule has 0 aliphatic rings. The lowest BCUT2D eigenvalue weighted by Gasteiger charge is -2.26. The number of sulfonamides is 1. The van der Waals surface area contributed by atoms with Crippen LogP contribution in [0.25, 0.3) is 11.4 Å². The van der Waals surface area contributed by atoms with Gasteiger partial charge >= 0.3 is 6.09 Å². The van der Waals surface area contributed by atoms with E-state index in [1.165, 1.54) is 20.9 Å². The van der Waals surface area contributed by atoms with Crippen LogP contribution in [-0.4, -0.2) is 89.5 Å². The number of aliphatic hydroxyl groups is 1. The van der Waals surface area contributed by atoms with Gasteiger partial charge in [-0.05, 0) is 114 Å². The number of rotatable bonds is 17. The van der Waals surface area contributed by atoms with Gasteiger partial charge in [-0.2, -0.15) is 9.10 Å². The normalized spacial score (nSPS) is 12.3. The van der Waals surface area contributed by atoms with Gasteiger partial charge in [-0.25, -0.2) is 13.2 Å². The Balaban J connectivity index is 1.60. The number of methoxy groups -OCH3 is 3. The van der Waals surface area contributed by atoms with Crippen LogP contribution in [0.2, 0.25) is 0 Å². The quantitative estimate of drug-likeness (QED) is 0.0781. The molecule has 0 saturated carbocycles. The SMILES string of the molecule is COc1ccc(CN(Cc2ccc(OC)cc2)S(=O)(=O)c2c(SC[C@H](CO)NC(=O)OC(C)(C)C)ccc(I)c2-c2nnn(Cc3ccc(OC)cc3)n2)cc1. The number of benzene rings is 4. The number of aliphatic hydroxyl groups excluding tert-OH is 1. The van der Waals surface area contributed by atoms with Gasteiger partial charge in [0.1, 0.15) is 27.7 Å². The largest absolute Gasteiger partial charge is 0.497 e. The Labute approximate surface area is 345 Å². The van der Waals surface area contributed by atoms with Crippen molar-refractivity contribution >= 4 is 50.5 Å². The van der Waals surface area contributed by atoms with Crippen molar-refractivity contribution in [1.82, 2.24) is 29.8 Å². The third-order valence-electron chi connectivity index (χ3n) is 8.25. The number of aromatic nitrogens is 4. The molecule has 298 valence electrons. The van der Waals surface area contributed by atoms with Crippen LogP contribution in [0, 0.1) is 3.57 Å². The van der Waals surface area contributed by atoms with Gasteiger partial charge in [0.15, 0.2) is 0 Å². The maximum absolute atomic E-state index is 15.4. The van der Waals surface area contributed by atoms with E-state index in [9.17, 15) is 9.90 Å². The Kier molecular flexibility index (Phi) is 14.6. The van der Waals surface area contributed by atoms with Crippen molar-refractivity contribution < 1.29 is 37.3 Å². The van der Waals surface area contributed by atoms with Gasteiger partial charge < -0.3 is 29.4 Å². The first kappa shape index (κ1) is 42.7. The number of tetrazole rings is 1. The molecule has 2 N–H and O–H groups in total. The van der Waals surface area contributed by atoms with Gasteiger partial charge in [-0.1, -0.05) is 36.4 Å². The predicted octanol–water partition coefficient (Wildman–Crippen LogP) is 6.39. The zero-order valence-corrected chi connectivity index (χ0v) is 35.7. The molecule has 0 radical (unpaired) electrons. The summed E-state index contributed by atoms with van der Waals surface area (Å²) in [6.07, 6.45) is -0.698. The van der Waals surface area contributed by atoms with Crippen LogP contribution in [-0.2, 0) is 34.4 Å². The fraction of sp³-hybridized carbons (Fsp3) is 0.333. The molecule has 0 saturated heterocycles. The highest BCUT2D eigenvalue weighted by Crippen LogP contribution is 2.40. The first-order valence-corrected chi connectivity index (χ1v) is 21.0. The molecule has 0 aliphatic heterocycles. The van der Waals surface area contributed by atoms with E-state index >= 15 is 8.42 Å². The minimum Gasteiger partial charge on any atom is -0.497 e. The highest BCUT2D eigenvalue weighted by molar-refractivity contribution is 14.1. The Morgan fingerprint density at radius 1 is 0.857 bits per heavy atom. The van der Waals surface area contributed by atoms with Crippen molar-refractivity contribution in [3.63, 3.8) is 0 Å². The molecule has 1 amide bonds. The molecule has 1 aromatic heterocycles. The van der Waals surface area contributed by atoms with Crippen LogP contribution in [0.3, 0.4) is 0 Å². The van der Waals surface area contributed by atoms with E-state index in [4.69, 9.17) is 18.9 Å². The lowest BCUT2D eigenvalue weighted by atomic mass is 10.2. The second-order valence-electron chi connectivity index (χ2n) is 13.5. The van der Waals surface area contributed by atoms with Crippen LogP contribution in [0.4, 0.5) is 4.79 Å². The minimum absolute atomic E-state index is 0.0183. The van der Waals surface area contributed by atoms with Gasteiger partial charge in [-0.15, -0.1) is 22.0 Å². The van der Waals surface area contributed by atoms with Gasteiger partial charge in [0.05, 0.1) is 46.1 Å². The maximum atomic E-state index is 15.4. The summed E-state index contributed by atoms with van der Waals surface area (Å²) in [5.41, 5.74) is 1.87. The highest BCUT2D eigenvalue weighted by atomic mass is 127. The molecule has 0 bridgehead atoms. The fourth-order valence-corrected chi connectivity index (χ4v) is 9.46. The van der Waals surface area contributed by atoms with Crippen LogP contribution < -0.4 is 19.5 Å². The van der Waals surface area contributed by atoms with E-state index in [1.807, 2.05) is 48.5 Å². The highest BCUT2D eigenvalue weighted by Gasteiger charge is 2.34. The molecule has 56 heavy (non-hydrogen) atoms. The van der Waals surface area contributed by atoms with E-state index < -0.39 is 34.4 Å². The number of alkyl carbamates (subject to hydrolysis) is 1. The summed E-state index contributed by atoms with van der Waals surface area (Å²) in [5.74, 6) is 2.22. The third kappa shape index (κ3) is 11.3. The predicted molar refractivity (Wildman–Crippen MR) is 221 cm³/mol. The molecule has 5 rings (SSSR count). The number of hydrogen-bond acceptors (Lipinski definition) is 12. The summed E-state index contributed by atoms with van der Waals surface area (Å²) in [6.45, 7) is 5.13. The van der Waals surface area contributed by atoms with Crippen molar-refractivity contribution in [3.8, 4) is 28.6 Å². The second-order valence-corrected chi connectivity index (χ2v) is 17.6. The molecule has 0 aliphatic carbocycles. The van der Waals surface area contributed by atoms with Crippen molar-refractivity contribution in [2.24, 2.45) is 0 Å². The number of carbonyl (C=O) groups is 1. The average Bonchev–Trinajstić information content (AvgIpc) is 3.64. The van der Waals surface area contributed by atoms with E-state index in [0.717, 1.165) is 16.7 Å². The number of nitrogens with one attached hydrogen (secondary N) is 1. The summed E-state index contributed by atoms with van der Waals surface area (Å²) in [5, 5.41) is 26.2. The van der Waals surface area contributed by atoms with E-state index in [1.54, 1.807) is 78.5 Å². The summed E-state index contributed by atoms with van der Waals surface area (Å²) >= 11 is 3.26. The molecule has 4 aromatic carbocycles. The van der Waals surface area contributed by atoms with Crippen molar-refractivity contribution in [2.75, 3.05) is 33.7 Å². The molecular formula is C39H45IN6O8S2. The maximum Gasteiger partial charge on any atom is 0.407 e. The second kappa shape index (κ2) is 19.1. The molecule has 17 heteroatoms. The monoisotopic (exact) mass is 916 g/mol. The fourth-order valence-electron chi connectivity index (χ4n) is 5.45. The number of hydrogen-bond donors (Lipinski definition) is 2. The van der Waals surface area contributed by atoms with Crippen LogP contribution in [0.1, 0.15) is 37.5 Å². The molecule has 1 heterocycles. The van der Waals surface area contributed by atoms with Crippen LogP contribution >= 0.6 is 34.4 Å². The zero-order valence-electron chi connectivity index (χ0n) is 31.9. The number of nitrogens with zero attached hydrogens (tertiary/aromatic N) is 5. The summed E-state index contributed by atoms with van der Waals surface area (Å²) in [6, 6.07) is 24.6. The summed E-state index contributed by atoms with van der Waals surface area (Å²) in [4.78, 5) is 14.4. The first-order chi connectivity index (χ1) is 26.7. The van der Waals surface area contributed by atoms with Gasteiger partial charge in [0.25, 0.3) is 0 Å². The summed E-state index contributed by atoms with van der Waals surface area (Å²) < 4.78 is 54.1. The third-order valence-corrected chi connectivity index (χ3v) is 12.4. The minimum atomic E-state index is -4.38. The lowest BCUT2D eigenvalue weighted by molar-refractivity contribution is 0.0491. The van der Waals surface area contributed by atoms with Crippen molar-refractivity contribution in [2.45, 2.75) is 61.8 Å². The number of halogens is 1. The van der Waals surface area contributed by atoms with Crippen LogP contribution in [0.5, 0.6) is 17.2 Å². The van der Waals surface area contributed by atoms with Gasteiger partial charge in [-0.3, -0.25) is 0 Å². The topological polar surface area (TPSA) is 167 Å². The average molecular weight is 917 g/mol. The van der Waals surface area contributed by atoms with Gasteiger partial charge in [0, 0.05) is 27.3 Å². The van der Waals surface area contributed by atoms with E-state index in [2.05, 4.69) is 43.3 Å². The van der Waals surface area contributed by atoms with E-state index in [0.29, 0.717) is 25.7 Å². The smallest absolute Gasteiger partial charge is 0.407 e. The molecule has 1 atom stereocenters. The molecule has 14 nitrogen and oxygen atoms in total. The number of carbonyl (C=O) groups excluding carboxylic acids is 1. The zero-order chi connectivity index (χ0) is 40.5. The molecule has 5 aromatic rings. The van der Waals surface area contributed by atoms with Crippen LogP contribution in [0.15, 0.2) is 94.7 Å². The Bertz CT molecular complexity index is 2130. The Morgan fingerprint density at radius 2 is 1.38 bits per heavy atom. The summed E-state index contributed by atoms with van der Waals surface area (Å²) in [7, 11) is 0.350. The van der Waals surface area contributed by atoms with E-state index in [-0.39, 0.29) is 41.7 Å². The molecule has 0 spiro atoms. The number of amides is 1. The lowest BCUT2D eigenvalue weighted by Crippen LogP contribution is -2.42. The first-order valence-electron chi connectivity index (χ1n) is 17.5. The number of thioether (sulfide) groups is 1. The molecule has 0 fully saturated rings. The Hall–Kier alpha value is -4.43. The number of ether oxygens (including phenoxy) is 4. The standard InChI is InChI=1S/C39H45IN6O8S2/c1-39(2,3)54-38(48)41-29(24-47)25-55-34-20-19-33(40)35(37-42-44-46(43-37)23-28-11-17-32(53-6)18-12-28)36(34)56(49,50)45(21-26-7-13-30(51-4)14-8-26)22-27-9-15-31(52-5)16-10-27/h7-20,29,47H,21-25H2,1-6H3,(H,41,48)/t29-/m0/s1. The van der Waals surface area contributed by atoms with Gasteiger partial charge in [0.2, 0.25) is 15.8 Å². The molecular weight excluding hydrogens is 872 g/mol. The van der Waals surface area contributed by atoms with Crippen molar-refractivity contribution in [1.29, 1.82) is 0 Å².